The summed E-state index contributed by atoms with van der Waals surface area (Å²) in [6.07, 6.45) is 4.95. The summed E-state index contributed by atoms with van der Waals surface area (Å²) in [5.41, 5.74) is 2.79. The fourth-order valence-electron chi connectivity index (χ4n) is 2.17. The van der Waals surface area contributed by atoms with Gasteiger partial charge in [0.2, 0.25) is 5.90 Å². The van der Waals surface area contributed by atoms with Crippen LogP contribution in [-0.4, -0.2) is 24.0 Å². The van der Waals surface area contributed by atoms with Crippen molar-refractivity contribution in [3.63, 3.8) is 0 Å². The molecular weight excluding hydrogens is 280 g/mol. The quantitative estimate of drug-likeness (QED) is 0.645. The van der Waals surface area contributed by atoms with Gasteiger partial charge in [-0.05, 0) is 48.4 Å². The Hall–Kier alpha value is -2.95. The van der Waals surface area contributed by atoms with E-state index in [1.165, 1.54) is 0 Å². The number of hydrogen-bond acceptors (Lipinski definition) is 5. The van der Waals surface area contributed by atoms with Crippen LogP contribution in [0.1, 0.15) is 16.7 Å². The summed E-state index contributed by atoms with van der Waals surface area (Å²) in [6.45, 7) is 1.94. The average molecular weight is 294 g/mol. The molecule has 0 amide bonds. The number of benzene rings is 1. The van der Waals surface area contributed by atoms with Gasteiger partial charge in [0, 0.05) is 12.4 Å². The van der Waals surface area contributed by atoms with Crippen LogP contribution in [0.3, 0.4) is 0 Å². The number of carbonyl (C=O) groups excluding carboxylic acids is 1. The first kappa shape index (κ1) is 14.0. The van der Waals surface area contributed by atoms with Crippen molar-refractivity contribution in [2.24, 2.45) is 4.99 Å². The van der Waals surface area contributed by atoms with Crippen molar-refractivity contribution in [3.8, 4) is 5.75 Å². The molecule has 0 aliphatic carbocycles. The molecule has 110 valence electrons. The van der Waals surface area contributed by atoms with Crippen LogP contribution < -0.4 is 4.74 Å². The van der Waals surface area contributed by atoms with Gasteiger partial charge in [0.05, 0.1) is 12.7 Å². The van der Waals surface area contributed by atoms with Crippen molar-refractivity contribution in [2.45, 2.75) is 6.92 Å². The first-order valence-electron chi connectivity index (χ1n) is 6.75. The van der Waals surface area contributed by atoms with Crippen molar-refractivity contribution in [1.82, 2.24) is 4.98 Å². The molecule has 0 spiro atoms. The fraction of sp³-hybridized carbons (Fsp3) is 0.118. The summed E-state index contributed by atoms with van der Waals surface area (Å²) in [4.78, 5) is 20.2. The zero-order chi connectivity index (χ0) is 15.5. The molecule has 5 heteroatoms. The van der Waals surface area contributed by atoms with Crippen LogP contribution in [0.5, 0.6) is 5.75 Å². The normalized spacial score (nSPS) is 15.6. The predicted molar refractivity (Wildman–Crippen MR) is 82.6 cm³/mol. The first-order valence-corrected chi connectivity index (χ1v) is 6.75. The molecule has 3 rings (SSSR count). The van der Waals surface area contributed by atoms with Crippen LogP contribution in [0.4, 0.5) is 0 Å². The minimum Gasteiger partial charge on any atom is -0.496 e. The molecular formula is C17H14N2O3. The van der Waals surface area contributed by atoms with Gasteiger partial charge in [0.1, 0.15) is 5.75 Å². The molecule has 1 aliphatic rings. The molecule has 0 unspecified atom stereocenters. The third kappa shape index (κ3) is 2.74. The van der Waals surface area contributed by atoms with Gasteiger partial charge in [-0.1, -0.05) is 6.07 Å². The molecule has 1 aromatic carbocycles. The predicted octanol–water partition coefficient (Wildman–Crippen LogP) is 2.74. The highest BCUT2D eigenvalue weighted by Gasteiger charge is 2.24. The Bertz CT molecular complexity index is 780. The van der Waals surface area contributed by atoms with E-state index in [2.05, 4.69) is 9.98 Å². The van der Waals surface area contributed by atoms with Crippen molar-refractivity contribution in [1.29, 1.82) is 0 Å². The maximum absolute atomic E-state index is 11.9. The second kappa shape index (κ2) is 5.81. The zero-order valence-corrected chi connectivity index (χ0v) is 12.2. The fourth-order valence-corrected chi connectivity index (χ4v) is 2.17. The van der Waals surface area contributed by atoms with Gasteiger partial charge in [-0.3, -0.25) is 4.98 Å². The van der Waals surface area contributed by atoms with E-state index in [1.54, 1.807) is 37.7 Å². The second-order valence-corrected chi connectivity index (χ2v) is 4.81. The van der Waals surface area contributed by atoms with Gasteiger partial charge < -0.3 is 9.47 Å². The van der Waals surface area contributed by atoms with Gasteiger partial charge in [0.15, 0.2) is 5.70 Å². The third-order valence-corrected chi connectivity index (χ3v) is 3.25. The molecule has 0 saturated heterocycles. The van der Waals surface area contributed by atoms with Gasteiger partial charge in [-0.25, -0.2) is 9.79 Å². The van der Waals surface area contributed by atoms with Crippen LogP contribution in [-0.2, 0) is 9.53 Å². The number of aromatic nitrogens is 1. The number of esters is 1. The number of rotatable bonds is 3. The van der Waals surface area contributed by atoms with E-state index in [0.29, 0.717) is 5.56 Å². The number of cyclic esters (lactones) is 1. The first-order chi connectivity index (χ1) is 10.7. The summed E-state index contributed by atoms with van der Waals surface area (Å²) in [7, 11) is 1.62. The number of aliphatic imine (C=N–C) groups is 1. The van der Waals surface area contributed by atoms with Crippen molar-refractivity contribution < 1.29 is 14.3 Å². The van der Waals surface area contributed by atoms with E-state index in [0.717, 1.165) is 16.9 Å². The molecule has 2 aromatic rings. The van der Waals surface area contributed by atoms with E-state index < -0.39 is 5.97 Å². The van der Waals surface area contributed by atoms with Gasteiger partial charge in [-0.15, -0.1) is 0 Å². The minimum absolute atomic E-state index is 0.267. The number of carbonyl (C=O) groups is 1. The van der Waals surface area contributed by atoms with Crippen molar-refractivity contribution in [2.75, 3.05) is 7.11 Å². The lowest BCUT2D eigenvalue weighted by Crippen LogP contribution is -2.05. The Morgan fingerprint density at radius 3 is 2.82 bits per heavy atom. The zero-order valence-electron chi connectivity index (χ0n) is 12.2. The lowest BCUT2D eigenvalue weighted by molar-refractivity contribution is -0.129. The maximum atomic E-state index is 11.9. The molecule has 1 aliphatic heterocycles. The highest BCUT2D eigenvalue weighted by molar-refractivity contribution is 6.12. The molecule has 22 heavy (non-hydrogen) atoms. The van der Waals surface area contributed by atoms with Gasteiger partial charge >= 0.3 is 5.97 Å². The summed E-state index contributed by atoms with van der Waals surface area (Å²) in [5, 5.41) is 0. The molecule has 0 bridgehead atoms. The molecule has 0 saturated carbocycles. The highest BCUT2D eigenvalue weighted by Crippen LogP contribution is 2.22. The number of nitrogens with zero attached hydrogens (tertiary/aromatic N) is 2. The lowest BCUT2D eigenvalue weighted by Gasteiger charge is -2.04. The number of pyridine rings is 1. The minimum atomic E-state index is -0.465. The largest absolute Gasteiger partial charge is 0.496 e. The summed E-state index contributed by atoms with van der Waals surface area (Å²) < 4.78 is 10.4. The summed E-state index contributed by atoms with van der Waals surface area (Å²) in [5.74, 6) is 0.609. The van der Waals surface area contributed by atoms with Gasteiger partial charge in [0.25, 0.3) is 0 Å². The van der Waals surface area contributed by atoms with Crippen molar-refractivity contribution >= 4 is 17.9 Å². The maximum Gasteiger partial charge on any atom is 0.363 e. The molecule has 0 atom stereocenters. The Balaban J connectivity index is 1.92. The summed E-state index contributed by atoms with van der Waals surface area (Å²) >= 11 is 0. The third-order valence-electron chi connectivity index (χ3n) is 3.25. The van der Waals surface area contributed by atoms with E-state index >= 15 is 0 Å². The average Bonchev–Trinajstić information content (AvgIpc) is 2.89. The van der Waals surface area contributed by atoms with E-state index in [9.17, 15) is 4.79 Å². The van der Waals surface area contributed by atoms with Gasteiger partial charge in [-0.2, -0.15) is 0 Å². The molecule has 5 nitrogen and oxygen atoms in total. The molecule has 0 fully saturated rings. The Labute approximate surface area is 127 Å². The summed E-state index contributed by atoms with van der Waals surface area (Å²) in [6, 6.07) is 9.20. The SMILES string of the molecule is COc1ccc(/C=C2/N=C(c3cccnc3)OC2=O)cc1C. The van der Waals surface area contributed by atoms with E-state index in [4.69, 9.17) is 9.47 Å². The van der Waals surface area contributed by atoms with Crippen LogP contribution >= 0.6 is 0 Å². The van der Waals surface area contributed by atoms with Crippen LogP contribution in [0, 0.1) is 6.92 Å². The molecule has 1 aromatic heterocycles. The Kier molecular flexibility index (Phi) is 3.70. The van der Waals surface area contributed by atoms with Crippen LogP contribution in [0.15, 0.2) is 53.4 Å². The van der Waals surface area contributed by atoms with E-state index in [-0.39, 0.29) is 11.6 Å². The highest BCUT2D eigenvalue weighted by atomic mass is 16.6. The topological polar surface area (TPSA) is 60.8 Å². The number of methoxy groups -OCH3 is 1. The lowest BCUT2D eigenvalue weighted by atomic mass is 10.1. The Morgan fingerprint density at radius 2 is 2.14 bits per heavy atom. The number of ether oxygens (including phenoxy) is 2. The van der Waals surface area contributed by atoms with Crippen molar-refractivity contribution in [3.05, 3.63) is 65.1 Å². The standard InChI is InChI=1S/C17H14N2O3/c1-11-8-12(5-6-15(11)21-2)9-14-17(20)22-16(19-14)13-4-3-7-18-10-13/h3-10H,1-2H3/b14-9+. The van der Waals surface area contributed by atoms with Crippen LogP contribution in [0.25, 0.3) is 6.08 Å². The number of aryl methyl sites for hydroxylation is 1. The molecule has 0 N–H and O–H groups in total. The molecule has 2 heterocycles. The Morgan fingerprint density at radius 1 is 1.27 bits per heavy atom. The molecule has 0 radical (unpaired) electrons. The van der Waals surface area contributed by atoms with E-state index in [1.807, 2.05) is 25.1 Å². The smallest absolute Gasteiger partial charge is 0.363 e. The second-order valence-electron chi connectivity index (χ2n) is 4.81. The number of hydrogen-bond donors (Lipinski definition) is 0. The van der Waals surface area contributed by atoms with Crippen LogP contribution in [0.2, 0.25) is 0 Å². The monoisotopic (exact) mass is 294 g/mol.